The quantitative estimate of drug-likeness (QED) is 0.767. The highest BCUT2D eigenvalue weighted by molar-refractivity contribution is 7.99. The van der Waals surface area contributed by atoms with Gasteiger partial charge in [-0.25, -0.2) is 0 Å². The van der Waals surface area contributed by atoms with Crippen molar-refractivity contribution >= 4 is 11.8 Å². The Hall–Kier alpha value is -1.40. The smallest absolute Gasteiger partial charge is 0.191 e. The largest absolute Gasteiger partial charge is 0.303 e. The summed E-state index contributed by atoms with van der Waals surface area (Å²) < 4.78 is 2.18. The molecular formula is C16H23N5S. The van der Waals surface area contributed by atoms with Gasteiger partial charge in [-0.2, -0.15) is 0 Å². The normalized spacial score (nSPS) is 18.9. The molecule has 1 saturated heterocycles. The van der Waals surface area contributed by atoms with Crippen molar-refractivity contribution in [1.29, 1.82) is 0 Å². The molecule has 3 rings (SSSR count). The topological polar surface area (TPSA) is 46.8 Å². The van der Waals surface area contributed by atoms with Gasteiger partial charge in [-0.1, -0.05) is 11.8 Å². The summed E-state index contributed by atoms with van der Waals surface area (Å²) in [4.78, 5) is 6.65. The Bertz CT molecular complexity index is 598. The van der Waals surface area contributed by atoms with E-state index in [0.29, 0.717) is 0 Å². The number of pyridine rings is 1. The van der Waals surface area contributed by atoms with Crippen LogP contribution in [0.3, 0.4) is 0 Å². The molecule has 0 aliphatic carbocycles. The molecule has 1 atom stereocenters. The predicted octanol–water partition coefficient (Wildman–Crippen LogP) is 2.94. The summed E-state index contributed by atoms with van der Waals surface area (Å²) in [6.07, 6.45) is 7.52. The van der Waals surface area contributed by atoms with Crippen LogP contribution in [0.1, 0.15) is 26.2 Å². The van der Waals surface area contributed by atoms with E-state index in [1.54, 1.807) is 6.20 Å². The Morgan fingerprint density at radius 1 is 1.36 bits per heavy atom. The fraction of sp³-hybridized carbons (Fsp3) is 0.562. The van der Waals surface area contributed by atoms with Gasteiger partial charge in [0.15, 0.2) is 11.0 Å². The van der Waals surface area contributed by atoms with Gasteiger partial charge < -0.3 is 9.47 Å². The molecule has 6 heteroatoms. The van der Waals surface area contributed by atoms with E-state index in [0.717, 1.165) is 34.9 Å². The van der Waals surface area contributed by atoms with Crippen LogP contribution in [0, 0.1) is 0 Å². The van der Waals surface area contributed by atoms with Gasteiger partial charge >= 0.3 is 0 Å². The van der Waals surface area contributed by atoms with Crippen LogP contribution in [0.4, 0.5) is 0 Å². The van der Waals surface area contributed by atoms with Gasteiger partial charge in [0.25, 0.3) is 0 Å². The molecule has 1 fully saturated rings. The van der Waals surface area contributed by atoms with Crippen molar-refractivity contribution in [2.45, 2.75) is 43.9 Å². The van der Waals surface area contributed by atoms with Gasteiger partial charge in [0.2, 0.25) is 0 Å². The van der Waals surface area contributed by atoms with Crippen molar-refractivity contribution < 1.29 is 0 Å². The molecule has 0 saturated carbocycles. The van der Waals surface area contributed by atoms with E-state index in [-0.39, 0.29) is 0 Å². The molecule has 0 amide bonds. The van der Waals surface area contributed by atoms with Crippen LogP contribution in [-0.2, 0) is 6.54 Å². The number of hydrogen-bond acceptors (Lipinski definition) is 5. The number of nitrogens with zero attached hydrogens (tertiary/aromatic N) is 5. The molecule has 22 heavy (non-hydrogen) atoms. The van der Waals surface area contributed by atoms with E-state index >= 15 is 0 Å². The number of likely N-dealkylation sites (tertiary alicyclic amines) is 1. The fourth-order valence-corrected chi connectivity index (χ4v) is 4.06. The van der Waals surface area contributed by atoms with Crippen LogP contribution >= 0.6 is 11.8 Å². The standard InChI is InChI=1S/C16H23N5S/c1-3-21-15(13-6-4-9-17-12-13)18-19-16(21)22-11-8-14-7-5-10-20(14)2/h4,6,9,12,14H,3,5,7-8,10-11H2,1-2H3. The lowest BCUT2D eigenvalue weighted by Gasteiger charge is -2.18. The van der Waals surface area contributed by atoms with E-state index in [1.165, 1.54) is 25.8 Å². The van der Waals surface area contributed by atoms with Crippen LogP contribution in [0.5, 0.6) is 0 Å². The second kappa shape index (κ2) is 7.24. The molecule has 3 heterocycles. The van der Waals surface area contributed by atoms with Crippen LogP contribution in [0.15, 0.2) is 29.7 Å². The number of hydrogen-bond donors (Lipinski definition) is 0. The summed E-state index contributed by atoms with van der Waals surface area (Å²) in [5.74, 6) is 2.01. The molecule has 1 aliphatic heterocycles. The third kappa shape index (κ3) is 3.33. The van der Waals surface area contributed by atoms with Gasteiger partial charge in [-0.15, -0.1) is 10.2 Å². The molecule has 2 aromatic rings. The van der Waals surface area contributed by atoms with Gasteiger partial charge in [0.1, 0.15) is 0 Å². The van der Waals surface area contributed by atoms with E-state index in [9.17, 15) is 0 Å². The Kier molecular flexibility index (Phi) is 5.10. The molecule has 0 spiro atoms. The molecule has 2 aromatic heterocycles. The lowest BCUT2D eigenvalue weighted by atomic mass is 10.2. The molecule has 1 unspecified atom stereocenters. The first-order valence-electron chi connectivity index (χ1n) is 7.96. The highest BCUT2D eigenvalue weighted by atomic mass is 32.2. The SMILES string of the molecule is CCn1c(SCCC2CCCN2C)nnc1-c1cccnc1. The minimum Gasteiger partial charge on any atom is -0.303 e. The highest BCUT2D eigenvalue weighted by Gasteiger charge is 2.21. The number of aromatic nitrogens is 4. The maximum Gasteiger partial charge on any atom is 0.191 e. The van der Waals surface area contributed by atoms with E-state index < -0.39 is 0 Å². The Labute approximate surface area is 136 Å². The monoisotopic (exact) mass is 317 g/mol. The van der Waals surface area contributed by atoms with Gasteiger partial charge in [0, 0.05) is 36.3 Å². The minimum absolute atomic E-state index is 0.739. The Morgan fingerprint density at radius 2 is 2.27 bits per heavy atom. The first-order chi connectivity index (χ1) is 10.8. The van der Waals surface area contributed by atoms with Gasteiger partial charge in [0.05, 0.1) is 0 Å². The molecular weight excluding hydrogens is 294 g/mol. The Balaban J connectivity index is 1.65. The van der Waals surface area contributed by atoms with E-state index in [1.807, 2.05) is 30.1 Å². The molecule has 0 N–H and O–H groups in total. The third-order valence-corrected chi connectivity index (χ3v) is 5.31. The maximum absolute atomic E-state index is 4.38. The van der Waals surface area contributed by atoms with Gasteiger partial charge in [-0.05, 0) is 51.9 Å². The Morgan fingerprint density at radius 3 is 2.95 bits per heavy atom. The summed E-state index contributed by atoms with van der Waals surface area (Å²) in [5.41, 5.74) is 1.03. The zero-order valence-electron chi connectivity index (χ0n) is 13.3. The lowest BCUT2D eigenvalue weighted by molar-refractivity contribution is 0.305. The average molecular weight is 317 g/mol. The van der Waals surface area contributed by atoms with Crippen LogP contribution in [0.25, 0.3) is 11.4 Å². The summed E-state index contributed by atoms with van der Waals surface area (Å²) in [5, 5.41) is 9.76. The first-order valence-corrected chi connectivity index (χ1v) is 8.94. The zero-order chi connectivity index (χ0) is 15.4. The molecule has 1 aliphatic rings. The minimum atomic E-state index is 0.739. The lowest BCUT2D eigenvalue weighted by Crippen LogP contribution is -2.25. The average Bonchev–Trinajstić information content (AvgIpc) is 3.14. The second-order valence-electron chi connectivity index (χ2n) is 5.71. The molecule has 0 radical (unpaired) electrons. The number of thioether (sulfide) groups is 1. The molecule has 0 aromatic carbocycles. The first kappa shape index (κ1) is 15.5. The maximum atomic E-state index is 4.38. The fourth-order valence-electron chi connectivity index (χ4n) is 3.02. The van der Waals surface area contributed by atoms with Crippen LogP contribution in [-0.4, -0.2) is 50.0 Å². The molecule has 5 nitrogen and oxygen atoms in total. The van der Waals surface area contributed by atoms with Crippen LogP contribution in [0.2, 0.25) is 0 Å². The van der Waals surface area contributed by atoms with Crippen molar-refractivity contribution in [2.24, 2.45) is 0 Å². The van der Waals surface area contributed by atoms with Crippen molar-refractivity contribution in [3.05, 3.63) is 24.5 Å². The van der Waals surface area contributed by atoms with E-state index in [4.69, 9.17) is 0 Å². The molecule has 118 valence electrons. The van der Waals surface area contributed by atoms with Crippen molar-refractivity contribution in [3.63, 3.8) is 0 Å². The van der Waals surface area contributed by atoms with Crippen LogP contribution < -0.4 is 0 Å². The van der Waals surface area contributed by atoms with Crippen molar-refractivity contribution in [1.82, 2.24) is 24.6 Å². The summed E-state index contributed by atoms with van der Waals surface area (Å²) in [7, 11) is 2.23. The van der Waals surface area contributed by atoms with Crippen molar-refractivity contribution in [2.75, 3.05) is 19.3 Å². The number of rotatable bonds is 6. The van der Waals surface area contributed by atoms with Crippen molar-refractivity contribution in [3.8, 4) is 11.4 Å². The summed E-state index contributed by atoms with van der Waals surface area (Å²) >= 11 is 1.82. The second-order valence-corrected chi connectivity index (χ2v) is 6.77. The van der Waals surface area contributed by atoms with Gasteiger partial charge in [-0.3, -0.25) is 4.98 Å². The highest BCUT2D eigenvalue weighted by Crippen LogP contribution is 2.26. The molecule has 0 bridgehead atoms. The summed E-state index contributed by atoms with van der Waals surface area (Å²) in [6.45, 7) is 4.26. The summed E-state index contributed by atoms with van der Waals surface area (Å²) in [6, 6.07) is 4.71. The predicted molar refractivity (Wildman–Crippen MR) is 89.9 cm³/mol. The zero-order valence-corrected chi connectivity index (χ0v) is 14.1. The van der Waals surface area contributed by atoms with E-state index in [2.05, 4.69) is 38.6 Å². The third-order valence-electron chi connectivity index (χ3n) is 4.31.